The fraction of sp³-hybridized carbons (Fsp3) is 0.188. The monoisotopic (exact) mass is 1980 g/mol. The number of methoxy groups -OCH3 is 4. The standard InChI is InChI=1S/C16H17Cl2N5O.C16H12Cl2N4OS.C13H12Cl2N4O.2C12H11Cl2N3OS.C11H10Cl2N4O2/c1-23(2)5-6-24-13-7-9(10(17)8-11(13)18)14-15-12(3-4-20-15)21-16(19)22-14;1-6(19)11-4-8-13(21-16(20)22-15(8)24-11)12-7-2-3-23-14(7)10(18)5-9(12)17;1-17-10-5-9(18-13(16)19-10)11-6-2-3-20-12(6)8(15)4-7(11)14;2*1-18-10-3-6(7(13)4-8(10)14)9-5-11(19-2)17-12(15)16-9;1-18-8-3-5(6(12)4-7(8)13)9-15-10(14)17-11(16-9)19-2/h3-4,7-8,20H,5-6H2,1-2H3,(H2,19,21,22);4-5H,1-3,19H2,(H2,20,21,22);4-5H,2-3H2,1H3,(H3,16,17,18,19);2*3-5H,1-2H3,(H2,15,16,17);3-4H,1-2H3,(H2,14,15,16,17). The van der Waals surface area contributed by atoms with Crippen LogP contribution in [-0.4, -0.2) is 163 Å². The largest absolute Gasteiger partial charge is 0.495 e. The van der Waals surface area contributed by atoms with Crippen LogP contribution in [-0.2, 0) is 12.8 Å². The lowest BCUT2D eigenvalue weighted by atomic mass is 10.00. The van der Waals surface area contributed by atoms with E-state index in [-0.39, 0.29) is 47.5 Å². The average molecular weight is 1990 g/mol. The van der Waals surface area contributed by atoms with Gasteiger partial charge in [-0.1, -0.05) is 146 Å². The fourth-order valence-corrected chi connectivity index (χ4v) is 17.3. The van der Waals surface area contributed by atoms with E-state index in [4.69, 9.17) is 213 Å². The Morgan fingerprint density at radius 2 is 0.936 bits per heavy atom. The number of nitrogens with two attached hydrogens (primary N) is 7. The zero-order valence-electron chi connectivity index (χ0n) is 67.1. The minimum absolute atomic E-state index is 0.0341. The fourth-order valence-electron chi connectivity index (χ4n) is 12.0. The van der Waals surface area contributed by atoms with Crippen molar-refractivity contribution in [1.82, 2.24) is 74.7 Å². The first-order chi connectivity index (χ1) is 59.6. The van der Waals surface area contributed by atoms with Gasteiger partial charge in [-0.3, -0.25) is 0 Å². The van der Waals surface area contributed by atoms with E-state index in [1.54, 1.807) is 94.2 Å². The second-order valence-corrected chi connectivity index (χ2v) is 33.6. The van der Waals surface area contributed by atoms with Crippen molar-refractivity contribution in [2.45, 2.75) is 22.9 Å². The number of fused-ring (bicyclic) bond motifs is 4. The average Bonchev–Trinajstić information content (AvgIpc) is 1.51. The van der Waals surface area contributed by atoms with Gasteiger partial charge < -0.3 is 88.5 Å². The zero-order valence-corrected chi connectivity index (χ0v) is 78.6. The van der Waals surface area contributed by atoms with Gasteiger partial charge in [-0.05, 0) is 112 Å². The number of ether oxygens (including phenoxy) is 7. The summed E-state index contributed by atoms with van der Waals surface area (Å²) >= 11 is 78.7. The molecule has 0 radical (unpaired) electrons. The molecule has 14 aromatic rings. The van der Waals surface area contributed by atoms with Gasteiger partial charge in [0.15, 0.2) is 5.82 Å². The molecule has 125 heavy (non-hydrogen) atoms. The zero-order chi connectivity index (χ0) is 90.5. The first-order valence-electron chi connectivity index (χ1n) is 36.2. The highest BCUT2D eigenvalue weighted by Crippen LogP contribution is 2.49. The Morgan fingerprint density at radius 1 is 0.480 bits per heavy atom. The molecular weight excluding hydrogens is 1920 g/mol. The summed E-state index contributed by atoms with van der Waals surface area (Å²) in [6.07, 6.45) is 7.05. The number of hydrogen-bond acceptors (Lipinski definition) is 32. The predicted molar refractivity (Wildman–Crippen MR) is 511 cm³/mol. The van der Waals surface area contributed by atoms with Crippen molar-refractivity contribution in [3.05, 3.63) is 180 Å². The Balaban J connectivity index is 0.000000146. The number of anilines is 7. The molecule has 0 bridgehead atoms. The van der Waals surface area contributed by atoms with Crippen LogP contribution in [0.4, 0.5) is 41.5 Å². The highest BCUT2D eigenvalue weighted by atomic mass is 35.5. The highest BCUT2D eigenvalue weighted by Gasteiger charge is 2.29. The molecule has 0 unspecified atom stereocenters. The van der Waals surface area contributed by atoms with Gasteiger partial charge in [-0.15, -0.1) is 34.9 Å². The molecule has 0 spiro atoms. The quantitative estimate of drug-likeness (QED) is 0.0284. The van der Waals surface area contributed by atoms with Crippen molar-refractivity contribution in [3.8, 4) is 108 Å². The minimum atomic E-state index is 0.0341. The maximum absolute atomic E-state index is 6.49. The number of H-pyrrole nitrogens is 1. The third-order valence-corrected chi connectivity index (χ3v) is 23.6. The van der Waals surface area contributed by atoms with Crippen LogP contribution in [0.15, 0.2) is 114 Å². The summed E-state index contributed by atoms with van der Waals surface area (Å²) < 4.78 is 37.4. The summed E-state index contributed by atoms with van der Waals surface area (Å²) in [6.45, 7) is 6.20. The third kappa shape index (κ3) is 23.3. The number of likely N-dealkylation sites (N-methyl/N-ethyl adjacent to an activating group) is 1. The normalized spacial score (nSPS) is 11.5. The molecule has 2 aliphatic heterocycles. The van der Waals surface area contributed by atoms with Gasteiger partial charge >= 0.3 is 6.01 Å². The molecule has 0 aliphatic carbocycles. The van der Waals surface area contributed by atoms with Crippen LogP contribution in [0.2, 0.25) is 60.3 Å². The molecule has 16 rings (SSSR count). The molecule has 45 heteroatoms. The topological polar surface area (TPSA) is 445 Å². The van der Waals surface area contributed by atoms with Crippen LogP contribution in [0.3, 0.4) is 0 Å². The second kappa shape index (κ2) is 43.1. The van der Waals surface area contributed by atoms with E-state index in [1.807, 2.05) is 55.8 Å². The summed E-state index contributed by atoms with van der Waals surface area (Å²) in [4.78, 5) is 60.7. The highest BCUT2D eigenvalue weighted by molar-refractivity contribution is 7.98. The summed E-state index contributed by atoms with van der Waals surface area (Å²) in [7, 11) is 11.7. The van der Waals surface area contributed by atoms with Gasteiger partial charge in [0, 0.05) is 94.3 Å². The number of halogens is 12. The first-order valence-corrected chi connectivity index (χ1v) is 44.0. The summed E-state index contributed by atoms with van der Waals surface area (Å²) in [5, 5.41) is 10.9. The van der Waals surface area contributed by atoms with Crippen LogP contribution in [0.1, 0.15) is 16.0 Å². The lowest BCUT2D eigenvalue weighted by molar-refractivity contribution is 0.261. The SMILES string of the molecule is C=C(N)c1cc2c(-c3c(Cl)cc(Cl)c4c3CCO4)nc(N)nc2s1.CN(C)CCOc1cc(-c2nc(N)nc3cc[nH]c23)c(Cl)cc1Cl.CNc1cc(-c2c(Cl)cc(Cl)c3c2CCO3)nc(N)n1.COc1cc(-c2cc(SC)nc(N)n2)c(Cl)cc1Cl.COc1cc(-c2cc(SC)nc(N)n2)c(Cl)cc1Cl.COc1nc(N)nc(-c2cc(OC)c(Cl)cc2Cl)n1. The molecule has 16 N–H and O–H groups in total. The Bertz CT molecular complexity index is 6130. The first kappa shape index (κ1) is 95.8. The molecule has 0 amide bonds. The number of benzene rings is 6. The van der Waals surface area contributed by atoms with E-state index >= 15 is 0 Å². The van der Waals surface area contributed by atoms with Gasteiger partial charge in [-0.25, -0.2) is 44.9 Å². The number of nitrogen functional groups attached to an aromatic ring is 6. The van der Waals surface area contributed by atoms with Gasteiger partial charge in [0.05, 0.1) is 141 Å². The molecule has 2 aliphatic rings. The number of hydrogen-bond donors (Lipinski definition) is 9. The second-order valence-electron chi connectivity index (χ2n) is 26.1. The van der Waals surface area contributed by atoms with E-state index in [2.05, 4.69) is 81.7 Å². The maximum atomic E-state index is 6.49. The molecule has 0 fully saturated rings. The van der Waals surface area contributed by atoms with Crippen molar-refractivity contribution in [2.75, 3.05) is 128 Å². The smallest absolute Gasteiger partial charge is 0.321 e. The van der Waals surface area contributed by atoms with Gasteiger partial charge in [-0.2, -0.15) is 19.9 Å². The van der Waals surface area contributed by atoms with Crippen LogP contribution in [0.5, 0.6) is 40.5 Å². The third-order valence-electron chi connectivity index (χ3n) is 17.7. The predicted octanol–water partition coefficient (Wildman–Crippen LogP) is 20.5. The molecule has 10 heterocycles. The van der Waals surface area contributed by atoms with E-state index < -0.39 is 0 Å². The molecule has 30 nitrogen and oxygen atoms in total. The van der Waals surface area contributed by atoms with Crippen LogP contribution in [0, 0.1) is 0 Å². The Kier molecular flexibility index (Phi) is 33.0. The lowest BCUT2D eigenvalue weighted by Gasteiger charge is -2.14. The minimum Gasteiger partial charge on any atom is -0.495 e. The Morgan fingerprint density at radius 3 is 1.46 bits per heavy atom. The molecule has 0 saturated heterocycles. The lowest BCUT2D eigenvalue weighted by Crippen LogP contribution is -2.19. The van der Waals surface area contributed by atoms with Crippen LogP contribution in [0.25, 0.3) is 94.6 Å². The van der Waals surface area contributed by atoms with Crippen molar-refractivity contribution < 1.29 is 33.2 Å². The van der Waals surface area contributed by atoms with Gasteiger partial charge in [0.2, 0.25) is 35.7 Å². The summed E-state index contributed by atoms with van der Waals surface area (Å²) in [6, 6.07) is 25.9. The number of aromatic amines is 1. The Hall–Kier alpha value is -9.89. The number of rotatable bonds is 18. The van der Waals surface area contributed by atoms with Crippen molar-refractivity contribution >= 4 is 243 Å². The van der Waals surface area contributed by atoms with Gasteiger partial charge in [0.1, 0.15) is 67.5 Å². The summed E-state index contributed by atoms with van der Waals surface area (Å²) in [5.41, 5.74) is 51.5. The number of nitrogens with zero attached hydrogens (tertiary/aromatic N) is 14. The van der Waals surface area contributed by atoms with Crippen LogP contribution >= 0.6 is 174 Å². The number of nitrogens with one attached hydrogen (secondary N) is 2. The molecule has 652 valence electrons. The van der Waals surface area contributed by atoms with Crippen molar-refractivity contribution in [1.29, 1.82) is 0 Å². The van der Waals surface area contributed by atoms with Crippen molar-refractivity contribution in [2.24, 2.45) is 5.73 Å². The van der Waals surface area contributed by atoms with E-state index in [1.165, 1.54) is 49.1 Å². The van der Waals surface area contributed by atoms with Crippen molar-refractivity contribution in [3.63, 3.8) is 0 Å². The van der Waals surface area contributed by atoms with E-state index in [9.17, 15) is 0 Å². The number of thioether (sulfide) groups is 2. The molecule has 6 aromatic carbocycles. The van der Waals surface area contributed by atoms with E-state index in [0.717, 1.165) is 71.4 Å². The molecule has 0 saturated carbocycles. The molecule has 8 aromatic heterocycles. The Labute approximate surface area is 788 Å². The number of thiophene rings is 1. The summed E-state index contributed by atoms with van der Waals surface area (Å²) in [5.74, 6) is 5.29. The molecule has 0 atom stereocenters. The molecular formula is C80H73Cl12N23O7S3. The van der Waals surface area contributed by atoms with Gasteiger partial charge in [0.25, 0.3) is 0 Å². The van der Waals surface area contributed by atoms with Crippen LogP contribution < -0.4 is 78.6 Å². The number of aromatic nitrogens is 14. The van der Waals surface area contributed by atoms with E-state index in [0.29, 0.717) is 183 Å². The maximum Gasteiger partial charge on any atom is 0.321 e.